The number of nitrogens with one attached hydrogen (secondary N) is 1. The summed E-state index contributed by atoms with van der Waals surface area (Å²) in [5.41, 5.74) is 2.80. The summed E-state index contributed by atoms with van der Waals surface area (Å²) in [5, 5.41) is 3.48. The molecule has 0 fully saturated rings. The van der Waals surface area contributed by atoms with Gasteiger partial charge in [-0.2, -0.15) is 0 Å². The quantitative estimate of drug-likeness (QED) is 0.766. The van der Waals surface area contributed by atoms with Crippen molar-refractivity contribution in [3.05, 3.63) is 35.4 Å². The lowest BCUT2D eigenvalue weighted by Gasteiger charge is -2.26. The van der Waals surface area contributed by atoms with Crippen LogP contribution in [0.5, 0.6) is 0 Å². The van der Waals surface area contributed by atoms with Gasteiger partial charge in [0.05, 0.1) is 0 Å². The van der Waals surface area contributed by atoms with Crippen LogP contribution >= 0.6 is 0 Å². The van der Waals surface area contributed by atoms with Crippen molar-refractivity contribution < 1.29 is 0 Å². The van der Waals surface area contributed by atoms with Gasteiger partial charge in [0, 0.05) is 25.2 Å². The van der Waals surface area contributed by atoms with E-state index in [9.17, 15) is 0 Å². The summed E-state index contributed by atoms with van der Waals surface area (Å²) in [6, 6.07) is 10.1. The van der Waals surface area contributed by atoms with Crippen LogP contribution in [0.25, 0.3) is 0 Å². The van der Waals surface area contributed by atoms with E-state index < -0.39 is 0 Å². The molecule has 0 saturated heterocycles. The van der Waals surface area contributed by atoms with Crippen LogP contribution in [-0.2, 0) is 13.1 Å². The van der Waals surface area contributed by atoms with Crippen LogP contribution in [0.4, 0.5) is 0 Å². The number of hydrogen-bond acceptors (Lipinski definition) is 2. The van der Waals surface area contributed by atoms with Crippen LogP contribution < -0.4 is 5.32 Å². The van der Waals surface area contributed by atoms with Gasteiger partial charge in [-0.1, -0.05) is 45.0 Å². The van der Waals surface area contributed by atoms with Gasteiger partial charge < -0.3 is 5.32 Å². The lowest BCUT2D eigenvalue weighted by atomic mass is 10.1. The Hall–Kier alpha value is -0.860. The molecule has 0 heterocycles. The van der Waals surface area contributed by atoms with Crippen LogP contribution in [-0.4, -0.2) is 23.5 Å². The minimum absolute atomic E-state index is 0.538. The highest BCUT2D eigenvalue weighted by atomic mass is 15.1. The van der Waals surface area contributed by atoms with Crippen molar-refractivity contribution in [1.29, 1.82) is 0 Å². The zero-order valence-electron chi connectivity index (χ0n) is 13.2. The fourth-order valence-electron chi connectivity index (χ4n) is 2.20. The van der Waals surface area contributed by atoms with Crippen LogP contribution in [0.1, 0.15) is 52.2 Å². The van der Waals surface area contributed by atoms with E-state index in [-0.39, 0.29) is 0 Å². The standard InChI is InChI=1S/C17H30N2/c1-6-10-19(15(4)5)13-17-9-7-8-16(11-17)12-18-14(2)3/h7-9,11,14-15,18H,6,10,12-13H2,1-5H3. The molecule has 0 spiro atoms. The van der Waals surface area contributed by atoms with E-state index >= 15 is 0 Å². The molecule has 0 aliphatic rings. The molecule has 0 aromatic heterocycles. The molecule has 108 valence electrons. The summed E-state index contributed by atoms with van der Waals surface area (Å²) in [4.78, 5) is 2.54. The molecule has 1 aromatic rings. The molecule has 0 amide bonds. The molecule has 0 aliphatic carbocycles. The Morgan fingerprint density at radius 3 is 2.37 bits per heavy atom. The van der Waals surface area contributed by atoms with Crippen molar-refractivity contribution >= 4 is 0 Å². The minimum Gasteiger partial charge on any atom is -0.310 e. The Balaban J connectivity index is 2.64. The summed E-state index contributed by atoms with van der Waals surface area (Å²) in [6.07, 6.45) is 1.22. The van der Waals surface area contributed by atoms with E-state index in [4.69, 9.17) is 0 Å². The van der Waals surface area contributed by atoms with Crippen LogP contribution in [0.15, 0.2) is 24.3 Å². The van der Waals surface area contributed by atoms with Crippen molar-refractivity contribution in [2.45, 2.75) is 66.2 Å². The number of hydrogen-bond donors (Lipinski definition) is 1. The first-order valence-electron chi connectivity index (χ1n) is 7.58. The maximum absolute atomic E-state index is 3.48. The number of nitrogens with zero attached hydrogens (tertiary/aromatic N) is 1. The average Bonchev–Trinajstić information content (AvgIpc) is 2.36. The summed E-state index contributed by atoms with van der Waals surface area (Å²) >= 11 is 0. The molecule has 1 aromatic carbocycles. The fraction of sp³-hybridized carbons (Fsp3) is 0.647. The molecule has 1 rings (SSSR count). The van der Waals surface area contributed by atoms with E-state index in [0.29, 0.717) is 12.1 Å². The molecule has 0 unspecified atom stereocenters. The summed E-state index contributed by atoms with van der Waals surface area (Å²) in [5.74, 6) is 0. The highest BCUT2D eigenvalue weighted by molar-refractivity contribution is 5.23. The first-order chi connectivity index (χ1) is 9.02. The second-order valence-corrected chi connectivity index (χ2v) is 5.92. The molecule has 0 atom stereocenters. The number of rotatable bonds is 8. The van der Waals surface area contributed by atoms with Crippen molar-refractivity contribution in [3.8, 4) is 0 Å². The Morgan fingerprint density at radius 2 is 1.79 bits per heavy atom. The Kier molecular flexibility index (Phi) is 7.11. The van der Waals surface area contributed by atoms with Gasteiger partial charge in [0.25, 0.3) is 0 Å². The van der Waals surface area contributed by atoms with Gasteiger partial charge >= 0.3 is 0 Å². The molecule has 0 aliphatic heterocycles. The summed E-state index contributed by atoms with van der Waals surface area (Å²) < 4.78 is 0. The van der Waals surface area contributed by atoms with E-state index in [1.54, 1.807) is 0 Å². The maximum atomic E-state index is 3.48. The Morgan fingerprint density at radius 1 is 1.11 bits per heavy atom. The first kappa shape index (κ1) is 16.2. The van der Waals surface area contributed by atoms with E-state index in [0.717, 1.165) is 13.1 Å². The van der Waals surface area contributed by atoms with E-state index in [1.165, 1.54) is 24.1 Å². The van der Waals surface area contributed by atoms with E-state index in [1.807, 2.05) is 0 Å². The third-order valence-corrected chi connectivity index (χ3v) is 3.33. The van der Waals surface area contributed by atoms with Crippen molar-refractivity contribution in [1.82, 2.24) is 10.2 Å². The second-order valence-electron chi connectivity index (χ2n) is 5.92. The SMILES string of the molecule is CCCN(Cc1cccc(CNC(C)C)c1)C(C)C. The lowest BCUT2D eigenvalue weighted by molar-refractivity contribution is 0.213. The van der Waals surface area contributed by atoms with Gasteiger partial charge in [-0.25, -0.2) is 0 Å². The summed E-state index contributed by atoms with van der Waals surface area (Å²) in [6.45, 7) is 14.4. The van der Waals surface area contributed by atoms with Crippen molar-refractivity contribution in [2.24, 2.45) is 0 Å². The van der Waals surface area contributed by atoms with Crippen LogP contribution in [0, 0.1) is 0 Å². The highest BCUT2D eigenvalue weighted by Crippen LogP contribution is 2.11. The predicted octanol–water partition coefficient (Wildman–Crippen LogP) is 3.81. The highest BCUT2D eigenvalue weighted by Gasteiger charge is 2.09. The molecular formula is C17H30N2. The van der Waals surface area contributed by atoms with Gasteiger partial charge in [0.15, 0.2) is 0 Å². The van der Waals surface area contributed by atoms with Gasteiger partial charge in [-0.05, 0) is 37.9 Å². The van der Waals surface area contributed by atoms with Crippen LogP contribution in [0.2, 0.25) is 0 Å². The smallest absolute Gasteiger partial charge is 0.0236 e. The van der Waals surface area contributed by atoms with Gasteiger partial charge in [0.1, 0.15) is 0 Å². The third kappa shape index (κ3) is 6.22. The first-order valence-corrected chi connectivity index (χ1v) is 7.58. The lowest BCUT2D eigenvalue weighted by Crippen LogP contribution is -2.31. The van der Waals surface area contributed by atoms with Crippen molar-refractivity contribution in [2.75, 3.05) is 6.54 Å². The zero-order chi connectivity index (χ0) is 14.3. The molecular weight excluding hydrogens is 232 g/mol. The van der Waals surface area contributed by atoms with Gasteiger partial charge in [-0.3, -0.25) is 4.90 Å². The molecule has 2 nitrogen and oxygen atoms in total. The average molecular weight is 262 g/mol. The third-order valence-electron chi connectivity index (χ3n) is 3.33. The molecule has 19 heavy (non-hydrogen) atoms. The maximum Gasteiger partial charge on any atom is 0.0236 e. The largest absolute Gasteiger partial charge is 0.310 e. The van der Waals surface area contributed by atoms with Crippen LogP contribution in [0.3, 0.4) is 0 Å². The molecule has 2 heteroatoms. The summed E-state index contributed by atoms with van der Waals surface area (Å²) in [7, 11) is 0. The number of benzene rings is 1. The zero-order valence-corrected chi connectivity index (χ0v) is 13.2. The topological polar surface area (TPSA) is 15.3 Å². The molecule has 0 bridgehead atoms. The van der Waals surface area contributed by atoms with Gasteiger partial charge in [-0.15, -0.1) is 0 Å². The Bertz CT molecular complexity index is 358. The fourth-order valence-corrected chi connectivity index (χ4v) is 2.20. The van der Waals surface area contributed by atoms with Gasteiger partial charge in [0.2, 0.25) is 0 Å². The molecule has 1 N–H and O–H groups in total. The minimum atomic E-state index is 0.538. The monoisotopic (exact) mass is 262 g/mol. The second kappa shape index (κ2) is 8.34. The van der Waals surface area contributed by atoms with E-state index in [2.05, 4.69) is 69.1 Å². The van der Waals surface area contributed by atoms with Crippen molar-refractivity contribution in [3.63, 3.8) is 0 Å². The predicted molar refractivity (Wildman–Crippen MR) is 84.3 cm³/mol. The molecule has 0 radical (unpaired) electrons. The Labute approximate surface area is 119 Å². The normalized spacial score (nSPS) is 11.8. The molecule has 0 saturated carbocycles.